The third kappa shape index (κ3) is 3.41. The van der Waals surface area contributed by atoms with Crippen LogP contribution >= 0.6 is 0 Å². The summed E-state index contributed by atoms with van der Waals surface area (Å²) in [6, 6.07) is 6.81. The van der Waals surface area contributed by atoms with Gasteiger partial charge in [0, 0.05) is 42.2 Å². The highest BCUT2D eigenvalue weighted by Crippen LogP contribution is 2.29. The lowest BCUT2D eigenvalue weighted by Gasteiger charge is -2.11. The molecule has 7 heteroatoms. The molecule has 130 valence electrons. The minimum Gasteiger partial charge on any atom is -0.476 e. The van der Waals surface area contributed by atoms with Crippen LogP contribution in [0.1, 0.15) is 12.8 Å². The Balaban J connectivity index is 1.77. The number of nitrogens with zero attached hydrogens (tertiary/aromatic N) is 3. The number of aromatic nitrogens is 3. The Morgan fingerprint density at radius 1 is 1.08 bits per heavy atom. The average molecular weight is 341 g/mol. The Kier molecular flexibility index (Phi) is 4.47. The van der Waals surface area contributed by atoms with E-state index in [4.69, 9.17) is 4.74 Å². The van der Waals surface area contributed by atoms with E-state index in [1.807, 2.05) is 6.07 Å². The van der Waals surface area contributed by atoms with Gasteiger partial charge in [0.15, 0.2) is 5.65 Å². The molecule has 0 saturated carbocycles. The maximum absolute atomic E-state index is 14.4. The lowest BCUT2D eigenvalue weighted by molar-refractivity contribution is 0.302. The minimum atomic E-state index is -0.293. The summed E-state index contributed by atoms with van der Waals surface area (Å²) in [4.78, 5) is 4.50. The van der Waals surface area contributed by atoms with Crippen LogP contribution in [0.2, 0.25) is 0 Å². The highest BCUT2D eigenvalue weighted by molar-refractivity contribution is 5.79. The van der Waals surface area contributed by atoms with Gasteiger partial charge in [-0.15, -0.1) is 0 Å². The molecule has 6 nitrogen and oxygen atoms in total. The molecular formula is C18H20FN5O. The fourth-order valence-corrected chi connectivity index (χ4v) is 2.92. The van der Waals surface area contributed by atoms with Gasteiger partial charge in [-0.2, -0.15) is 10.1 Å². The maximum Gasteiger partial charge on any atom is 0.216 e. The number of benzene rings is 1. The molecule has 25 heavy (non-hydrogen) atoms. The summed E-state index contributed by atoms with van der Waals surface area (Å²) in [7, 11) is 0. The molecule has 4 rings (SSSR count). The molecule has 0 fully saturated rings. The topological polar surface area (TPSA) is 63.5 Å². The zero-order valence-corrected chi connectivity index (χ0v) is 13.8. The van der Waals surface area contributed by atoms with Crippen molar-refractivity contribution < 1.29 is 9.13 Å². The average Bonchev–Trinajstić information content (AvgIpc) is 3.04. The summed E-state index contributed by atoms with van der Waals surface area (Å²) < 4.78 is 21.8. The van der Waals surface area contributed by atoms with Crippen LogP contribution in [0, 0.1) is 5.82 Å². The molecular weight excluding hydrogens is 321 g/mol. The predicted molar refractivity (Wildman–Crippen MR) is 94.5 cm³/mol. The number of hydrogen-bond acceptors (Lipinski definition) is 5. The van der Waals surface area contributed by atoms with Gasteiger partial charge in [-0.1, -0.05) is 0 Å². The number of rotatable bonds is 0. The first kappa shape index (κ1) is 15.8. The Morgan fingerprint density at radius 3 is 2.96 bits per heavy atom. The smallest absolute Gasteiger partial charge is 0.216 e. The van der Waals surface area contributed by atoms with E-state index in [0.29, 0.717) is 29.3 Å². The van der Waals surface area contributed by atoms with Gasteiger partial charge >= 0.3 is 0 Å². The SMILES string of the molecule is Fc1ccc2cc1-c1cnn3ccc(nc13)OCCNCCCCN2. The van der Waals surface area contributed by atoms with Gasteiger partial charge in [0.2, 0.25) is 5.88 Å². The number of fused-ring (bicyclic) bond motifs is 4. The van der Waals surface area contributed by atoms with E-state index in [1.54, 1.807) is 29.0 Å². The van der Waals surface area contributed by atoms with Gasteiger partial charge < -0.3 is 15.4 Å². The zero-order chi connectivity index (χ0) is 17.1. The normalized spacial score (nSPS) is 15.7. The zero-order valence-electron chi connectivity index (χ0n) is 13.8. The molecule has 1 aliphatic rings. The summed E-state index contributed by atoms with van der Waals surface area (Å²) in [6.07, 6.45) is 5.52. The van der Waals surface area contributed by atoms with Gasteiger partial charge in [-0.3, -0.25) is 0 Å². The maximum atomic E-state index is 14.4. The molecule has 1 aromatic carbocycles. The third-order valence-electron chi connectivity index (χ3n) is 4.24. The number of ether oxygens (including phenoxy) is 1. The van der Waals surface area contributed by atoms with E-state index in [1.165, 1.54) is 6.07 Å². The van der Waals surface area contributed by atoms with Crippen LogP contribution in [0.25, 0.3) is 16.8 Å². The third-order valence-corrected chi connectivity index (χ3v) is 4.24. The van der Waals surface area contributed by atoms with Crippen molar-refractivity contribution in [3.63, 3.8) is 0 Å². The van der Waals surface area contributed by atoms with Gasteiger partial charge in [-0.05, 0) is 37.6 Å². The summed E-state index contributed by atoms with van der Waals surface area (Å²) in [5.74, 6) is 0.219. The van der Waals surface area contributed by atoms with E-state index in [0.717, 1.165) is 38.2 Å². The molecule has 3 aromatic rings. The van der Waals surface area contributed by atoms with Gasteiger partial charge in [0.05, 0.1) is 6.20 Å². The minimum absolute atomic E-state index is 0.293. The predicted octanol–water partition coefficient (Wildman–Crippen LogP) is 2.71. The van der Waals surface area contributed by atoms with Crippen LogP contribution in [-0.2, 0) is 0 Å². The summed E-state index contributed by atoms with van der Waals surface area (Å²) in [5.41, 5.74) is 2.60. The van der Waals surface area contributed by atoms with Crippen molar-refractivity contribution in [2.45, 2.75) is 12.8 Å². The number of nitrogens with one attached hydrogen (secondary N) is 2. The molecule has 3 heterocycles. The standard InChI is InChI=1S/C18H20FN5O/c19-16-4-3-13-11-14(16)15-12-22-24-9-5-17(23-18(15)24)25-10-8-20-6-1-2-7-21-13/h3-5,9,11-12,20-21H,1-2,6-8,10H2. The quantitative estimate of drug-likeness (QED) is 0.658. The molecule has 0 aliphatic carbocycles. The lowest BCUT2D eigenvalue weighted by atomic mass is 10.1. The molecule has 0 radical (unpaired) electrons. The first-order chi connectivity index (χ1) is 12.3. The first-order valence-electron chi connectivity index (χ1n) is 8.53. The van der Waals surface area contributed by atoms with Crippen LogP contribution in [0.4, 0.5) is 10.1 Å². The summed E-state index contributed by atoms with van der Waals surface area (Å²) in [5, 5.41) is 11.0. The van der Waals surface area contributed by atoms with E-state index in [9.17, 15) is 4.39 Å². The Morgan fingerprint density at radius 2 is 2.00 bits per heavy atom. The van der Waals surface area contributed by atoms with Crippen LogP contribution < -0.4 is 15.4 Å². The van der Waals surface area contributed by atoms with Crippen molar-refractivity contribution in [1.82, 2.24) is 19.9 Å². The van der Waals surface area contributed by atoms with E-state index in [-0.39, 0.29) is 5.82 Å². The van der Waals surface area contributed by atoms with E-state index in [2.05, 4.69) is 20.7 Å². The second kappa shape index (κ2) is 7.06. The van der Waals surface area contributed by atoms with E-state index < -0.39 is 0 Å². The molecule has 0 unspecified atom stereocenters. The fourth-order valence-electron chi connectivity index (χ4n) is 2.92. The van der Waals surface area contributed by atoms with Gasteiger partial charge in [0.1, 0.15) is 12.4 Å². The fraction of sp³-hybridized carbons (Fsp3) is 0.333. The van der Waals surface area contributed by atoms with E-state index >= 15 is 0 Å². The number of halogens is 1. The molecule has 0 amide bonds. The highest BCUT2D eigenvalue weighted by Gasteiger charge is 2.14. The van der Waals surface area contributed by atoms with Crippen molar-refractivity contribution in [1.29, 1.82) is 0 Å². The Bertz CT molecular complexity index is 879. The van der Waals surface area contributed by atoms with Crippen LogP contribution in [0.5, 0.6) is 5.88 Å². The van der Waals surface area contributed by atoms with Crippen LogP contribution in [0.3, 0.4) is 0 Å². The largest absolute Gasteiger partial charge is 0.476 e. The Labute approximate surface area is 145 Å². The van der Waals surface area contributed by atoms with Crippen molar-refractivity contribution >= 4 is 11.3 Å². The second-order valence-electron chi connectivity index (χ2n) is 6.02. The van der Waals surface area contributed by atoms with Crippen molar-refractivity contribution in [3.05, 3.63) is 42.5 Å². The Hall–Kier alpha value is -2.67. The van der Waals surface area contributed by atoms with Crippen molar-refractivity contribution in [2.24, 2.45) is 0 Å². The second-order valence-corrected chi connectivity index (χ2v) is 6.02. The van der Waals surface area contributed by atoms with Crippen LogP contribution in [-0.4, -0.2) is 40.8 Å². The van der Waals surface area contributed by atoms with Gasteiger partial charge in [0.25, 0.3) is 0 Å². The molecule has 2 N–H and O–H groups in total. The highest BCUT2D eigenvalue weighted by atomic mass is 19.1. The molecule has 1 aliphatic heterocycles. The van der Waals surface area contributed by atoms with Crippen molar-refractivity contribution in [2.75, 3.05) is 31.6 Å². The lowest BCUT2D eigenvalue weighted by Crippen LogP contribution is -2.22. The summed E-state index contributed by atoms with van der Waals surface area (Å²) in [6.45, 7) is 3.09. The summed E-state index contributed by atoms with van der Waals surface area (Å²) >= 11 is 0. The molecule has 4 bridgehead atoms. The molecule has 2 aromatic heterocycles. The van der Waals surface area contributed by atoms with Gasteiger partial charge in [-0.25, -0.2) is 8.91 Å². The van der Waals surface area contributed by atoms with Crippen LogP contribution in [0.15, 0.2) is 36.7 Å². The molecule has 0 spiro atoms. The number of anilines is 1. The monoisotopic (exact) mass is 341 g/mol. The molecule has 0 atom stereocenters. The van der Waals surface area contributed by atoms with Crippen molar-refractivity contribution in [3.8, 4) is 17.0 Å². The molecule has 0 saturated heterocycles. The first-order valence-corrected chi connectivity index (χ1v) is 8.53. The number of hydrogen-bond donors (Lipinski definition) is 2.